The van der Waals surface area contributed by atoms with Crippen LogP contribution in [0.3, 0.4) is 0 Å². The highest BCUT2D eigenvalue weighted by molar-refractivity contribution is 7.87. The normalized spacial score (nSPS) is 11.8. The summed E-state index contributed by atoms with van der Waals surface area (Å²) in [7, 11) is -4.14. The second kappa shape index (κ2) is 6.01. The lowest BCUT2D eigenvalue weighted by molar-refractivity contribution is 0.483. The van der Waals surface area contributed by atoms with Gasteiger partial charge in [-0.1, -0.05) is 32.9 Å². The zero-order valence-electron chi connectivity index (χ0n) is 13.0. The summed E-state index contributed by atoms with van der Waals surface area (Å²) in [6, 6.07) is 11.3. The van der Waals surface area contributed by atoms with Gasteiger partial charge in [0.15, 0.2) is 0 Å². The molecule has 0 spiro atoms. The molecule has 0 bridgehead atoms. The molecule has 0 saturated heterocycles. The van der Waals surface area contributed by atoms with Crippen molar-refractivity contribution in [1.29, 1.82) is 5.26 Å². The van der Waals surface area contributed by atoms with E-state index in [-0.39, 0.29) is 21.6 Å². The summed E-state index contributed by atoms with van der Waals surface area (Å²) in [5, 5.41) is 8.80. The van der Waals surface area contributed by atoms with Crippen molar-refractivity contribution < 1.29 is 17.0 Å². The fourth-order valence-electron chi connectivity index (χ4n) is 1.93. The predicted molar refractivity (Wildman–Crippen MR) is 84.1 cm³/mol. The fourth-order valence-corrected chi connectivity index (χ4v) is 2.88. The highest BCUT2D eigenvalue weighted by atomic mass is 32.2. The summed E-state index contributed by atoms with van der Waals surface area (Å²) in [4.78, 5) is -0.267. The van der Waals surface area contributed by atoms with Crippen LogP contribution in [0.15, 0.2) is 47.4 Å². The predicted octanol–water partition coefficient (Wildman–Crippen LogP) is 3.76. The van der Waals surface area contributed by atoms with Gasteiger partial charge in [-0.2, -0.15) is 13.7 Å². The molecule has 0 N–H and O–H groups in total. The summed E-state index contributed by atoms with van der Waals surface area (Å²) >= 11 is 0. The van der Waals surface area contributed by atoms with Crippen molar-refractivity contribution in [3.05, 3.63) is 59.4 Å². The zero-order chi connectivity index (χ0) is 17.3. The fraction of sp³-hybridized carbons (Fsp3) is 0.235. The van der Waals surface area contributed by atoms with Crippen LogP contribution in [0.5, 0.6) is 5.75 Å². The maximum atomic E-state index is 13.3. The minimum absolute atomic E-state index is 0.160. The summed E-state index contributed by atoms with van der Waals surface area (Å²) in [6.07, 6.45) is 0. The van der Waals surface area contributed by atoms with Crippen LogP contribution < -0.4 is 4.18 Å². The highest BCUT2D eigenvalue weighted by Crippen LogP contribution is 2.27. The topological polar surface area (TPSA) is 67.2 Å². The third-order valence-electron chi connectivity index (χ3n) is 3.25. The Kier molecular flexibility index (Phi) is 4.44. The van der Waals surface area contributed by atoms with Gasteiger partial charge in [0.2, 0.25) is 0 Å². The third-order valence-corrected chi connectivity index (χ3v) is 4.50. The molecule has 0 unspecified atom stereocenters. The Morgan fingerprint density at radius 2 is 1.83 bits per heavy atom. The van der Waals surface area contributed by atoms with Crippen molar-refractivity contribution in [2.45, 2.75) is 31.1 Å². The van der Waals surface area contributed by atoms with Gasteiger partial charge in [0.05, 0.1) is 5.56 Å². The molecule has 2 rings (SSSR count). The molecule has 0 radical (unpaired) electrons. The molecular formula is C17H16FNO3S. The van der Waals surface area contributed by atoms with Gasteiger partial charge in [-0.25, -0.2) is 4.39 Å². The van der Waals surface area contributed by atoms with E-state index in [9.17, 15) is 12.8 Å². The van der Waals surface area contributed by atoms with E-state index in [1.54, 1.807) is 18.2 Å². The van der Waals surface area contributed by atoms with Gasteiger partial charge in [-0.3, -0.25) is 0 Å². The van der Waals surface area contributed by atoms with Crippen LogP contribution >= 0.6 is 0 Å². The lowest BCUT2D eigenvalue weighted by Gasteiger charge is -2.19. The van der Waals surface area contributed by atoms with Gasteiger partial charge >= 0.3 is 10.1 Å². The van der Waals surface area contributed by atoms with Crippen molar-refractivity contribution in [2.24, 2.45) is 0 Å². The van der Waals surface area contributed by atoms with Gasteiger partial charge in [0, 0.05) is 0 Å². The van der Waals surface area contributed by atoms with Crippen molar-refractivity contribution in [3.8, 4) is 11.8 Å². The molecule has 0 aliphatic heterocycles. The number of hydrogen-bond acceptors (Lipinski definition) is 4. The molecule has 6 heteroatoms. The monoisotopic (exact) mass is 333 g/mol. The first-order valence-corrected chi connectivity index (χ1v) is 8.29. The Morgan fingerprint density at radius 3 is 2.43 bits per heavy atom. The first kappa shape index (κ1) is 17.0. The van der Waals surface area contributed by atoms with Crippen LogP contribution in [0, 0.1) is 17.1 Å². The highest BCUT2D eigenvalue weighted by Gasteiger charge is 2.20. The summed E-state index contributed by atoms with van der Waals surface area (Å²) in [6.45, 7) is 6.00. The molecule has 0 saturated carbocycles. The molecule has 0 amide bonds. The summed E-state index contributed by atoms with van der Waals surface area (Å²) in [5.41, 5.74) is 0.410. The number of nitriles is 1. The van der Waals surface area contributed by atoms with Crippen LogP contribution in [-0.4, -0.2) is 8.42 Å². The van der Waals surface area contributed by atoms with E-state index < -0.39 is 15.9 Å². The van der Waals surface area contributed by atoms with Gasteiger partial charge in [-0.15, -0.1) is 0 Å². The average Bonchev–Trinajstić information content (AvgIpc) is 2.46. The Hall–Kier alpha value is -2.39. The standard InChI is InChI=1S/C17H16FNO3S/c1-17(2,3)13-5-4-6-14(10-13)22-23(20,21)15-7-8-16(18)12(9-15)11-19/h4-10H,1-3H3. The van der Waals surface area contributed by atoms with Crippen molar-refractivity contribution >= 4 is 10.1 Å². The quantitative estimate of drug-likeness (QED) is 0.802. The molecule has 23 heavy (non-hydrogen) atoms. The zero-order valence-corrected chi connectivity index (χ0v) is 13.8. The van der Waals surface area contributed by atoms with E-state index in [1.807, 2.05) is 26.8 Å². The maximum absolute atomic E-state index is 13.3. The second-order valence-corrected chi connectivity index (χ2v) is 7.62. The van der Waals surface area contributed by atoms with Crippen molar-refractivity contribution in [2.75, 3.05) is 0 Å². The van der Waals surface area contributed by atoms with Crippen molar-refractivity contribution in [3.63, 3.8) is 0 Å². The minimum atomic E-state index is -4.14. The minimum Gasteiger partial charge on any atom is -0.379 e. The molecular weight excluding hydrogens is 317 g/mol. The smallest absolute Gasteiger partial charge is 0.339 e. The lowest BCUT2D eigenvalue weighted by atomic mass is 9.87. The van der Waals surface area contributed by atoms with Gasteiger partial charge in [0.1, 0.15) is 22.5 Å². The van der Waals surface area contributed by atoms with Crippen LogP contribution in [-0.2, 0) is 15.5 Å². The molecule has 0 atom stereocenters. The molecule has 0 aromatic heterocycles. The summed E-state index contributed by atoms with van der Waals surface area (Å²) < 4.78 is 43.0. The van der Waals surface area contributed by atoms with Gasteiger partial charge in [0.25, 0.3) is 0 Å². The van der Waals surface area contributed by atoms with Crippen LogP contribution in [0.4, 0.5) is 4.39 Å². The van der Waals surface area contributed by atoms with Crippen LogP contribution in [0.1, 0.15) is 31.9 Å². The van der Waals surface area contributed by atoms with Crippen molar-refractivity contribution in [1.82, 2.24) is 0 Å². The Bertz CT molecular complexity index is 877. The largest absolute Gasteiger partial charge is 0.379 e. The number of rotatable bonds is 3. The maximum Gasteiger partial charge on any atom is 0.339 e. The molecule has 0 fully saturated rings. The van der Waals surface area contributed by atoms with E-state index in [2.05, 4.69) is 0 Å². The number of benzene rings is 2. The van der Waals surface area contributed by atoms with Gasteiger partial charge < -0.3 is 4.18 Å². The first-order valence-electron chi connectivity index (χ1n) is 6.88. The Labute approximate surface area is 135 Å². The Morgan fingerprint density at radius 1 is 1.13 bits per heavy atom. The van der Waals surface area contributed by atoms with E-state index >= 15 is 0 Å². The van der Waals surface area contributed by atoms with E-state index in [4.69, 9.17) is 9.44 Å². The first-order chi connectivity index (χ1) is 10.6. The molecule has 0 heterocycles. The molecule has 0 aliphatic carbocycles. The van der Waals surface area contributed by atoms with Gasteiger partial charge in [-0.05, 0) is 41.3 Å². The average molecular weight is 333 g/mol. The molecule has 0 aliphatic rings. The van der Waals surface area contributed by atoms with Crippen LogP contribution in [0.2, 0.25) is 0 Å². The summed E-state index contributed by atoms with van der Waals surface area (Å²) in [5.74, 6) is -0.610. The number of halogens is 1. The van der Waals surface area contributed by atoms with E-state index in [0.717, 1.165) is 23.8 Å². The molecule has 120 valence electrons. The van der Waals surface area contributed by atoms with E-state index in [1.165, 1.54) is 6.07 Å². The van der Waals surface area contributed by atoms with E-state index in [0.29, 0.717) is 0 Å². The number of nitrogens with zero attached hydrogens (tertiary/aromatic N) is 1. The van der Waals surface area contributed by atoms with Crippen LogP contribution in [0.25, 0.3) is 0 Å². The third kappa shape index (κ3) is 3.88. The Balaban J connectivity index is 2.38. The second-order valence-electron chi connectivity index (χ2n) is 6.07. The molecule has 2 aromatic rings. The number of hydrogen-bond donors (Lipinski definition) is 0. The molecule has 4 nitrogen and oxygen atoms in total. The lowest BCUT2D eigenvalue weighted by Crippen LogP contribution is -2.13. The molecule has 2 aromatic carbocycles. The SMILES string of the molecule is CC(C)(C)c1cccc(OS(=O)(=O)c2ccc(F)c(C#N)c2)c1.